The highest BCUT2D eigenvalue weighted by Gasteiger charge is 2.19. The van der Waals surface area contributed by atoms with Crippen molar-refractivity contribution in [2.45, 2.75) is 51.1 Å². The predicted molar refractivity (Wildman–Crippen MR) is 87.3 cm³/mol. The maximum Gasteiger partial charge on any atom is 0.242 e. The monoisotopic (exact) mass is 358 g/mol. The first-order valence-corrected chi connectivity index (χ1v) is 8.25. The summed E-state index contributed by atoms with van der Waals surface area (Å²) in [5.41, 5.74) is 0.837. The van der Waals surface area contributed by atoms with Gasteiger partial charge in [0.25, 0.3) is 0 Å². The molecule has 0 aromatic heterocycles. The highest BCUT2D eigenvalue weighted by Crippen LogP contribution is 2.26. The zero-order chi connectivity index (χ0) is 14.5. The summed E-state index contributed by atoms with van der Waals surface area (Å²) in [6.07, 6.45) is 5.91. The fraction of sp³-hybridized carbons (Fsp3) is 0.533. The lowest BCUT2D eigenvalue weighted by Gasteiger charge is -2.25. The molecule has 20 heavy (non-hydrogen) atoms. The molecule has 1 amide bonds. The van der Waals surface area contributed by atoms with E-state index in [-0.39, 0.29) is 11.9 Å². The van der Waals surface area contributed by atoms with Crippen LogP contribution in [0.1, 0.15) is 39.0 Å². The topological polar surface area (TPSA) is 41.1 Å². The molecule has 1 aromatic rings. The summed E-state index contributed by atoms with van der Waals surface area (Å²) in [5, 5.41) is 6.97. The summed E-state index contributed by atoms with van der Waals surface area (Å²) in [6, 6.07) is 5.55. The smallest absolute Gasteiger partial charge is 0.242 e. The van der Waals surface area contributed by atoms with Crippen LogP contribution in [0.5, 0.6) is 0 Å². The second kappa shape index (κ2) is 7.32. The van der Waals surface area contributed by atoms with E-state index in [1.54, 1.807) is 0 Å². The molecule has 1 unspecified atom stereocenters. The van der Waals surface area contributed by atoms with Gasteiger partial charge in [-0.25, -0.2) is 0 Å². The number of hydrogen-bond donors (Lipinski definition) is 2. The lowest BCUT2D eigenvalue weighted by atomic mass is 9.95. The number of carbonyl (C=O) groups is 1. The highest BCUT2D eigenvalue weighted by atomic mass is 79.9. The Hall–Kier alpha value is -0.740. The summed E-state index contributed by atoms with van der Waals surface area (Å²) in [5.74, 6) is 0.0452. The van der Waals surface area contributed by atoms with Crippen molar-refractivity contribution in [2.24, 2.45) is 0 Å². The zero-order valence-corrected chi connectivity index (χ0v) is 13.9. The summed E-state index contributed by atoms with van der Waals surface area (Å²) in [6.45, 7) is 1.87. The van der Waals surface area contributed by atoms with Crippen molar-refractivity contribution < 1.29 is 4.79 Å². The van der Waals surface area contributed by atoms with Crippen molar-refractivity contribution in [3.63, 3.8) is 0 Å². The molecule has 1 saturated carbocycles. The third-order valence-electron chi connectivity index (χ3n) is 3.65. The van der Waals surface area contributed by atoms with E-state index in [4.69, 9.17) is 11.6 Å². The second-order valence-corrected chi connectivity index (χ2v) is 6.62. The van der Waals surface area contributed by atoms with Gasteiger partial charge in [0.1, 0.15) is 6.04 Å². The molecule has 1 atom stereocenters. The van der Waals surface area contributed by atoms with Crippen LogP contribution < -0.4 is 10.6 Å². The third kappa shape index (κ3) is 4.38. The molecule has 5 heteroatoms. The van der Waals surface area contributed by atoms with E-state index in [1.807, 2.05) is 25.1 Å². The van der Waals surface area contributed by atoms with Gasteiger partial charge in [0, 0.05) is 15.5 Å². The molecule has 1 aliphatic carbocycles. The normalized spacial score (nSPS) is 17.6. The van der Waals surface area contributed by atoms with Gasteiger partial charge in [-0.05, 0) is 53.9 Å². The minimum Gasteiger partial charge on any atom is -0.373 e. The van der Waals surface area contributed by atoms with Crippen molar-refractivity contribution in [2.75, 3.05) is 5.32 Å². The minimum absolute atomic E-state index is 0.0452. The molecule has 1 fully saturated rings. The number of nitrogens with one attached hydrogen (secondary N) is 2. The largest absolute Gasteiger partial charge is 0.373 e. The van der Waals surface area contributed by atoms with Gasteiger partial charge in [0.15, 0.2) is 0 Å². The Morgan fingerprint density at radius 1 is 1.35 bits per heavy atom. The first-order valence-electron chi connectivity index (χ1n) is 7.08. The molecule has 3 nitrogen and oxygen atoms in total. The van der Waals surface area contributed by atoms with Gasteiger partial charge in [-0.1, -0.05) is 30.9 Å². The van der Waals surface area contributed by atoms with E-state index in [0.29, 0.717) is 11.1 Å². The van der Waals surface area contributed by atoms with E-state index in [0.717, 1.165) is 23.0 Å². The van der Waals surface area contributed by atoms with Gasteiger partial charge < -0.3 is 10.6 Å². The number of benzene rings is 1. The molecule has 0 radical (unpaired) electrons. The van der Waals surface area contributed by atoms with Crippen LogP contribution >= 0.6 is 27.5 Å². The standard InChI is InChI=1S/C15H20BrClN2O/c1-10(15(20)19-12-5-3-2-4-6-12)18-14-9-11(17)7-8-13(14)16/h7-10,12,18H,2-6H2,1H3,(H,19,20). The zero-order valence-electron chi connectivity index (χ0n) is 11.6. The van der Waals surface area contributed by atoms with Crippen molar-refractivity contribution in [1.82, 2.24) is 5.32 Å². The molecule has 1 aliphatic rings. The second-order valence-electron chi connectivity index (χ2n) is 5.33. The number of hydrogen-bond acceptors (Lipinski definition) is 2. The number of halogens is 2. The Morgan fingerprint density at radius 2 is 2.05 bits per heavy atom. The van der Waals surface area contributed by atoms with Gasteiger partial charge in [-0.15, -0.1) is 0 Å². The van der Waals surface area contributed by atoms with Gasteiger partial charge in [0.2, 0.25) is 5.91 Å². The van der Waals surface area contributed by atoms with Crippen LogP contribution in [0.3, 0.4) is 0 Å². The average molecular weight is 360 g/mol. The lowest BCUT2D eigenvalue weighted by molar-refractivity contribution is -0.122. The van der Waals surface area contributed by atoms with Crippen molar-refractivity contribution >= 4 is 39.1 Å². The van der Waals surface area contributed by atoms with Crippen molar-refractivity contribution in [1.29, 1.82) is 0 Å². The lowest BCUT2D eigenvalue weighted by Crippen LogP contribution is -2.44. The maximum absolute atomic E-state index is 12.2. The predicted octanol–water partition coefficient (Wildman–Crippen LogP) is 4.35. The molecule has 0 bridgehead atoms. The Kier molecular flexibility index (Phi) is 5.73. The molecule has 0 saturated heterocycles. The first-order chi connectivity index (χ1) is 9.56. The summed E-state index contributed by atoms with van der Waals surface area (Å²) < 4.78 is 0.902. The number of anilines is 1. The molecule has 2 N–H and O–H groups in total. The van der Waals surface area contributed by atoms with E-state index < -0.39 is 0 Å². The van der Waals surface area contributed by atoms with E-state index >= 15 is 0 Å². The van der Waals surface area contributed by atoms with E-state index in [1.165, 1.54) is 19.3 Å². The van der Waals surface area contributed by atoms with Gasteiger partial charge in [-0.2, -0.15) is 0 Å². The van der Waals surface area contributed by atoms with Crippen LogP contribution in [0.15, 0.2) is 22.7 Å². The van der Waals surface area contributed by atoms with Crippen molar-refractivity contribution in [3.05, 3.63) is 27.7 Å². The Balaban J connectivity index is 1.91. The SMILES string of the molecule is CC(Nc1cc(Cl)ccc1Br)C(=O)NC1CCCCC1. The summed E-state index contributed by atoms with van der Waals surface area (Å²) in [7, 11) is 0. The molecule has 0 spiro atoms. The third-order valence-corrected chi connectivity index (χ3v) is 4.57. The number of amides is 1. The molecule has 2 rings (SSSR count). The molecule has 1 aromatic carbocycles. The molecule has 0 aliphatic heterocycles. The van der Waals surface area contributed by atoms with E-state index in [2.05, 4.69) is 26.6 Å². The quantitative estimate of drug-likeness (QED) is 0.839. The molecule has 0 heterocycles. The Labute approximate surface area is 133 Å². The average Bonchev–Trinajstić information content (AvgIpc) is 2.44. The minimum atomic E-state index is -0.285. The number of rotatable bonds is 4. The van der Waals surface area contributed by atoms with Gasteiger partial charge in [0.05, 0.1) is 5.69 Å². The Morgan fingerprint density at radius 3 is 2.75 bits per heavy atom. The first kappa shape index (κ1) is 15.6. The van der Waals surface area contributed by atoms with Crippen LogP contribution in [0.25, 0.3) is 0 Å². The van der Waals surface area contributed by atoms with Crippen LogP contribution in [0, 0.1) is 0 Å². The van der Waals surface area contributed by atoms with E-state index in [9.17, 15) is 4.79 Å². The van der Waals surface area contributed by atoms with Crippen LogP contribution in [-0.4, -0.2) is 18.0 Å². The van der Waals surface area contributed by atoms with Crippen LogP contribution in [0.2, 0.25) is 5.02 Å². The Bertz CT molecular complexity index is 475. The number of carbonyl (C=O) groups excluding carboxylic acids is 1. The van der Waals surface area contributed by atoms with Crippen LogP contribution in [-0.2, 0) is 4.79 Å². The molecular formula is C15H20BrClN2O. The highest BCUT2D eigenvalue weighted by molar-refractivity contribution is 9.10. The molecule has 110 valence electrons. The fourth-order valence-electron chi connectivity index (χ4n) is 2.48. The fourth-order valence-corrected chi connectivity index (χ4v) is 3.01. The summed E-state index contributed by atoms with van der Waals surface area (Å²) in [4.78, 5) is 12.2. The van der Waals surface area contributed by atoms with Gasteiger partial charge >= 0.3 is 0 Å². The maximum atomic E-state index is 12.2. The van der Waals surface area contributed by atoms with Crippen LogP contribution in [0.4, 0.5) is 5.69 Å². The molecular weight excluding hydrogens is 340 g/mol. The van der Waals surface area contributed by atoms with Crippen molar-refractivity contribution in [3.8, 4) is 0 Å². The van der Waals surface area contributed by atoms with Gasteiger partial charge in [-0.3, -0.25) is 4.79 Å². The summed E-state index contributed by atoms with van der Waals surface area (Å²) >= 11 is 9.43.